The third kappa shape index (κ3) is 3.24. The summed E-state index contributed by atoms with van der Waals surface area (Å²) in [6, 6.07) is 21.1. The van der Waals surface area contributed by atoms with Gasteiger partial charge in [0, 0.05) is 0 Å². The molecule has 3 aromatic carbocycles. The van der Waals surface area contributed by atoms with Gasteiger partial charge in [0.15, 0.2) is 0 Å². The Morgan fingerprint density at radius 3 is 2.33 bits per heavy atom. The molecule has 0 saturated carbocycles. The molecule has 0 aliphatic heterocycles. The normalized spacial score (nSPS) is 10.6. The fourth-order valence-corrected chi connectivity index (χ4v) is 2.23. The summed E-state index contributed by atoms with van der Waals surface area (Å²) in [5.41, 5.74) is 1.58. The van der Waals surface area contributed by atoms with Crippen molar-refractivity contribution in [1.82, 2.24) is 0 Å². The van der Waals surface area contributed by atoms with E-state index in [0.717, 1.165) is 22.1 Å². The van der Waals surface area contributed by atoms with Gasteiger partial charge in [-0.1, -0.05) is 54.6 Å². The summed E-state index contributed by atoms with van der Waals surface area (Å²) in [5, 5.41) is 20.4. The van der Waals surface area contributed by atoms with Gasteiger partial charge < -0.3 is 14.8 Å². The van der Waals surface area contributed by atoms with Crippen molar-refractivity contribution in [2.24, 2.45) is 0 Å². The maximum Gasteiger partial charge on any atom is 0.488 e. The van der Waals surface area contributed by atoms with Crippen LogP contribution >= 0.6 is 0 Å². The van der Waals surface area contributed by atoms with Crippen LogP contribution in [0.3, 0.4) is 0 Å². The van der Waals surface area contributed by atoms with Gasteiger partial charge in [0.1, 0.15) is 12.4 Å². The number of hydrogen-bond acceptors (Lipinski definition) is 3. The highest BCUT2D eigenvalue weighted by molar-refractivity contribution is 6.58. The van der Waals surface area contributed by atoms with Crippen molar-refractivity contribution in [3.8, 4) is 5.75 Å². The third-order valence-electron chi connectivity index (χ3n) is 3.38. The Morgan fingerprint density at radius 2 is 1.57 bits per heavy atom. The Labute approximate surface area is 123 Å². The highest BCUT2D eigenvalue weighted by atomic mass is 16.5. The van der Waals surface area contributed by atoms with Gasteiger partial charge in [0.25, 0.3) is 0 Å². The van der Waals surface area contributed by atoms with Crippen molar-refractivity contribution >= 4 is 23.4 Å². The molecular weight excluding hydrogens is 263 g/mol. The van der Waals surface area contributed by atoms with Crippen molar-refractivity contribution in [2.45, 2.75) is 6.61 Å². The van der Waals surface area contributed by atoms with E-state index in [4.69, 9.17) is 4.74 Å². The Balaban J connectivity index is 1.82. The molecule has 2 N–H and O–H groups in total. The van der Waals surface area contributed by atoms with Crippen LogP contribution in [0.1, 0.15) is 5.56 Å². The molecule has 104 valence electrons. The molecular formula is C17H15BO3. The van der Waals surface area contributed by atoms with Gasteiger partial charge >= 0.3 is 7.12 Å². The van der Waals surface area contributed by atoms with Crippen LogP contribution in [-0.2, 0) is 6.61 Å². The molecule has 0 heterocycles. The lowest BCUT2D eigenvalue weighted by molar-refractivity contribution is 0.306. The zero-order valence-electron chi connectivity index (χ0n) is 11.4. The maximum atomic E-state index is 9.23. The average molecular weight is 278 g/mol. The zero-order valence-corrected chi connectivity index (χ0v) is 11.4. The summed E-state index contributed by atoms with van der Waals surface area (Å²) >= 11 is 0. The van der Waals surface area contributed by atoms with E-state index in [9.17, 15) is 10.0 Å². The fraction of sp³-hybridized carbons (Fsp3) is 0.0588. The molecule has 0 bridgehead atoms. The van der Waals surface area contributed by atoms with Gasteiger partial charge in [-0.15, -0.1) is 0 Å². The van der Waals surface area contributed by atoms with Crippen LogP contribution < -0.4 is 10.2 Å². The van der Waals surface area contributed by atoms with Crippen molar-refractivity contribution in [2.75, 3.05) is 0 Å². The smallest absolute Gasteiger partial charge is 0.488 e. The quantitative estimate of drug-likeness (QED) is 0.718. The van der Waals surface area contributed by atoms with E-state index in [-0.39, 0.29) is 0 Å². The topological polar surface area (TPSA) is 49.7 Å². The van der Waals surface area contributed by atoms with Crippen LogP contribution in [0.15, 0.2) is 66.7 Å². The second-order valence-corrected chi connectivity index (χ2v) is 4.92. The lowest BCUT2D eigenvalue weighted by Gasteiger charge is -2.08. The summed E-state index contributed by atoms with van der Waals surface area (Å²) < 4.78 is 5.78. The number of fused-ring (bicyclic) bond motifs is 1. The van der Waals surface area contributed by atoms with Crippen LogP contribution in [0.5, 0.6) is 5.75 Å². The molecule has 0 amide bonds. The van der Waals surface area contributed by atoms with Gasteiger partial charge in [-0.25, -0.2) is 0 Å². The van der Waals surface area contributed by atoms with Crippen LogP contribution in [0.4, 0.5) is 0 Å². The van der Waals surface area contributed by atoms with Gasteiger partial charge in [0.2, 0.25) is 0 Å². The maximum absolute atomic E-state index is 9.23. The van der Waals surface area contributed by atoms with E-state index < -0.39 is 7.12 Å². The number of benzene rings is 3. The molecule has 0 aliphatic rings. The van der Waals surface area contributed by atoms with Crippen molar-refractivity contribution in [1.29, 1.82) is 0 Å². The van der Waals surface area contributed by atoms with E-state index in [1.54, 1.807) is 12.1 Å². The van der Waals surface area contributed by atoms with Crippen LogP contribution in [0.25, 0.3) is 10.8 Å². The highest BCUT2D eigenvalue weighted by Crippen LogP contribution is 2.21. The van der Waals surface area contributed by atoms with Crippen LogP contribution in [0.2, 0.25) is 0 Å². The first kappa shape index (κ1) is 13.7. The molecule has 0 spiro atoms. The minimum Gasteiger partial charge on any atom is -0.489 e. The highest BCUT2D eigenvalue weighted by Gasteiger charge is 2.11. The van der Waals surface area contributed by atoms with Gasteiger partial charge in [0.05, 0.1) is 0 Å². The minimum atomic E-state index is -1.46. The molecule has 0 aliphatic carbocycles. The van der Waals surface area contributed by atoms with Crippen molar-refractivity contribution < 1.29 is 14.8 Å². The Hall–Kier alpha value is -2.30. The van der Waals surface area contributed by atoms with Crippen molar-refractivity contribution in [3.63, 3.8) is 0 Å². The van der Waals surface area contributed by atoms with Crippen LogP contribution in [-0.4, -0.2) is 17.2 Å². The van der Waals surface area contributed by atoms with E-state index in [0.29, 0.717) is 12.1 Å². The van der Waals surface area contributed by atoms with E-state index in [2.05, 4.69) is 0 Å². The average Bonchev–Trinajstić information content (AvgIpc) is 2.53. The SMILES string of the molecule is OB(O)c1ccc2ccc(OCc3ccccc3)cc2c1. The predicted molar refractivity (Wildman–Crippen MR) is 84.5 cm³/mol. The Kier molecular flexibility index (Phi) is 3.91. The Bertz CT molecular complexity index is 741. The lowest BCUT2D eigenvalue weighted by atomic mass is 9.79. The standard InChI is InChI=1S/C17H15BO3/c19-18(20)16-8-6-14-7-9-17(11-15(14)10-16)21-12-13-4-2-1-3-5-13/h1-11,19-20H,12H2. The zero-order chi connectivity index (χ0) is 14.7. The van der Waals surface area contributed by atoms with Gasteiger partial charge in [-0.05, 0) is 33.9 Å². The first-order chi connectivity index (χ1) is 10.2. The third-order valence-corrected chi connectivity index (χ3v) is 3.38. The van der Waals surface area contributed by atoms with E-state index in [1.165, 1.54) is 0 Å². The number of hydrogen-bond donors (Lipinski definition) is 2. The van der Waals surface area contributed by atoms with E-state index >= 15 is 0 Å². The molecule has 0 fully saturated rings. The second-order valence-electron chi connectivity index (χ2n) is 4.92. The summed E-state index contributed by atoms with van der Waals surface area (Å²) in [4.78, 5) is 0. The minimum absolute atomic E-state index is 0.475. The molecule has 0 aromatic heterocycles. The van der Waals surface area contributed by atoms with Crippen molar-refractivity contribution in [3.05, 3.63) is 72.3 Å². The van der Waals surface area contributed by atoms with Crippen LogP contribution in [0, 0.1) is 0 Å². The molecule has 4 heteroatoms. The molecule has 3 aromatic rings. The molecule has 3 nitrogen and oxygen atoms in total. The first-order valence-corrected chi connectivity index (χ1v) is 6.79. The molecule has 0 unspecified atom stereocenters. The summed E-state index contributed by atoms with van der Waals surface area (Å²) in [7, 11) is -1.46. The van der Waals surface area contributed by atoms with Gasteiger partial charge in [-0.3, -0.25) is 0 Å². The number of ether oxygens (including phenoxy) is 1. The lowest BCUT2D eigenvalue weighted by Crippen LogP contribution is -2.29. The summed E-state index contributed by atoms with van der Waals surface area (Å²) in [6.45, 7) is 0.509. The second kappa shape index (κ2) is 6.00. The molecule has 0 atom stereocenters. The largest absolute Gasteiger partial charge is 0.489 e. The summed E-state index contributed by atoms with van der Waals surface area (Å²) in [5.74, 6) is 0.760. The Morgan fingerprint density at radius 1 is 0.810 bits per heavy atom. The van der Waals surface area contributed by atoms with E-state index in [1.807, 2.05) is 54.6 Å². The molecule has 3 rings (SSSR count). The molecule has 21 heavy (non-hydrogen) atoms. The predicted octanol–water partition coefficient (Wildman–Crippen LogP) is 2.10. The fourth-order valence-electron chi connectivity index (χ4n) is 2.23. The first-order valence-electron chi connectivity index (χ1n) is 6.79. The van der Waals surface area contributed by atoms with Gasteiger partial charge in [-0.2, -0.15) is 0 Å². The molecule has 0 radical (unpaired) electrons. The molecule has 0 saturated heterocycles. The summed E-state index contributed by atoms with van der Waals surface area (Å²) in [6.07, 6.45) is 0. The number of rotatable bonds is 4. The monoisotopic (exact) mass is 278 g/mol.